The van der Waals surface area contributed by atoms with Crippen molar-refractivity contribution in [2.24, 2.45) is 0 Å². The average molecular weight is 221 g/mol. The van der Waals surface area contributed by atoms with Crippen LogP contribution in [0.4, 0.5) is 0 Å². The molecule has 1 aliphatic rings. The van der Waals surface area contributed by atoms with Crippen molar-refractivity contribution in [1.82, 2.24) is 15.2 Å². The predicted octanol–water partition coefficient (Wildman–Crippen LogP) is -0.626. The highest BCUT2D eigenvalue weighted by atomic mass is 16.3. The van der Waals surface area contributed by atoms with E-state index in [1.54, 1.807) is 11.1 Å². The molecule has 0 saturated carbocycles. The third-order valence-electron chi connectivity index (χ3n) is 2.64. The molecule has 0 aromatic carbocycles. The van der Waals surface area contributed by atoms with Crippen molar-refractivity contribution in [1.29, 1.82) is 0 Å². The third kappa shape index (κ3) is 2.37. The molecule has 2 rings (SSSR count). The van der Waals surface area contributed by atoms with Crippen LogP contribution in [0.5, 0.6) is 0 Å². The minimum Gasteiger partial charge on any atom is -0.394 e. The Balaban J connectivity index is 2.02. The van der Waals surface area contributed by atoms with E-state index in [1.165, 1.54) is 0 Å². The first-order valence-electron chi connectivity index (χ1n) is 5.34. The number of nitrogens with zero attached hydrogens (tertiary/aromatic N) is 2. The molecule has 1 aliphatic heterocycles. The fraction of sp³-hybridized carbons (Fsp3) is 0.455. The number of aromatic nitrogens is 1. The summed E-state index contributed by atoms with van der Waals surface area (Å²) in [5, 5.41) is 12.0. The molecule has 1 fully saturated rings. The molecular weight excluding hydrogens is 206 g/mol. The van der Waals surface area contributed by atoms with Crippen molar-refractivity contribution in [2.75, 3.05) is 19.7 Å². The largest absolute Gasteiger partial charge is 0.394 e. The van der Waals surface area contributed by atoms with Crippen molar-refractivity contribution in [2.45, 2.75) is 12.6 Å². The number of amides is 1. The van der Waals surface area contributed by atoms with Crippen molar-refractivity contribution in [3.63, 3.8) is 0 Å². The zero-order valence-corrected chi connectivity index (χ0v) is 8.97. The maximum absolute atomic E-state index is 11.8. The zero-order valence-electron chi connectivity index (χ0n) is 8.97. The topological polar surface area (TPSA) is 65.5 Å². The lowest BCUT2D eigenvalue weighted by Crippen LogP contribution is -2.56. The summed E-state index contributed by atoms with van der Waals surface area (Å²) in [4.78, 5) is 17.7. The van der Waals surface area contributed by atoms with Crippen LogP contribution < -0.4 is 5.32 Å². The van der Waals surface area contributed by atoms with Crippen LogP contribution in [0.15, 0.2) is 24.4 Å². The number of aliphatic hydroxyl groups is 1. The van der Waals surface area contributed by atoms with Crippen molar-refractivity contribution < 1.29 is 9.90 Å². The molecule has 0 radical (unpaired) electrons. The number of hydrogen-bond acceptors (Lipinski definition) is 4. The van der Waals surface area contributed by atoms with Gasteiger partial charge in [0.1, 0.15) is 6.04 Å². The summed E-state index contributed by atoms with van der Waals surface area (Å²) in [6, 6.07) is 5.18. The molecule has 2 heterocycles. The van der Waals surface area contributed by atoms with E-state index in [2.05, 4.69) is 10.3 Å². The minimum absolute atomic E-state index is 0.0561. The number of carbonyl (C=O) groups is 1. The maximum atomic E-state index is 11.8. The molecule has 5 heteroatoms. The third-order valence-corrected chi connectivity index (χ3v) is 2.64. The number of piperazine rings is 1. The molecule has 1 aromatic heterocycles. The van der Waals surface area contributed by atoms with Gasteiger partial charge in [0.05, 0.1) is 18.8 Å². The molecule has 16 heavy (non-hydrogen) atoms. The van der Waals surface area contributed by atoms with Gasteiger partial charge in [-0.1, -0.05) is 6.07 Å². The molecule has 0 bridgehead atoms. The van der Waals surface area contributed by atoms with Crippen LogP contribution in [0.25, 0.3) is 0 Å². The van der Waals surface area contributed by atoms with E-state index >= 15 is 0 Å². The summed E-state index contributed by atoms with van der Waals surface area (Å²) < 4.78 is 0. The molecule has 1 amide bonds. The lowest BCUT2D eigenvalue weighted by atomic mass is 10.2. The first-order chi connectivity index (χ1) is 7.81. The van der Waals surface area contributed by atoms with Gasteiger partial charge in [-0.25, -0.2) is 0 Å². The summed E-state index contributed by atoms with van der Waals surface area (Å²) in [6.45, 7) is 1.73. The Bertz CT molecular complexity index is 356. The smallest absolute Gasteiger partial charge is 0.242 e. The zero-order chi connectivity index (χ0) is 11.4. The Kier molecular flexibility index (Phi) is 3.48. The van der Waals surface area contributed by atoms with Crippen LogP contribution in [0.1, 0.15) is 5.69 Å². The van der Waals surface area contributed by atoms with Crippen LogP contribution in [0, 0.1) is 0 Å². The Labute approximate surface area is 94.1 Å². The van der Waals surface area contributed by atoms with E-state index in [9.17, 15) is 4.79 Å². The van der Waals surface area contributed by atoms with Gasteiger partial charge in [-0.15, -0.1) is 0 Å². The summed E-state index contributed by atoms with van der Waals surface area (Å²) in [5.74, 6) is -0.0561. The molecular formula is C11H15N3O2. The second-order valence-corrected chi connectivity index (χ2v) is 3.77. The van der Waals surface area contributed by atoms with Crippen molar-refractivity contribution in [3.05, 3.63) is 30.1 Å². The second-order valence-electron chi connectivity index (χ2n) is 3.77. The molecule has 1 unspecified atom stereocenters. The lowest BCUT2D eigenvalue weighted by molar-refractivity contribution is -0.137. The number of carbonyl (C=O) groups excluding carboxylic acids is 1. The molecule has 5 nitrogen and oxygen atoms in total. The van der Waals surface area contributed by atoms with Crippen LogP contribution in [0.2, 0.25) is 0 Å². The molecule has 0 spiro atoms. The number of rotatable bonds is 3. The predicted molar refractivity (Wildman–Crippen MR) is 58.5 cm³/mol. The van der Waals surface area contributed by atoms with Crippen LogP contribution >= 0.6 is 0 Å². The Morgan fingerprint density at radius 3 is 3.12 bits per heavy atom. The number of aliphatic hydroxyl groups excluding tert-OH is 1. The lowest BCUT2D eigenvalue weighted by Gasteiger charge is -2.32. The highest BCUT2D eigenvalue weighted by molar-refractivity contribution is 5.82. The maximum Gasteiger partial charge on any atom is 0.242 e. The molecule has 1 aromatic rings. The van der Waals surface area contributed by atoms with Gasteiger partial charge in [-0.3, -0.25) is 9.78 Å². The monoisotopic (exact) mass is 221 g/mol. The van der Waals surface area contributed by atoms with Gasteiger partial charge in [0.25, 0.3) is 0 Å². The summed E-state index contributed by atoms with van der Waals surface area (Å²) in [6.07, 6.45) is 1.71. The van der Waals surface area contributed by atoms with Crippen molar-refractivity contribution in [3.8, 4) is 0 Å². The normalized spacial score (nSPS) is 21.2. The van der Waals surface area contributed by atoms with Crippen LogP contribution in [-0.2, 0) is 11.3 Å². The van der Waals surface area contributed by atoms with E-state index in [-0.39, 0.29) is 12.5 Å². The SMILES string of the molecule is O=C1C(CO)NCCN1Cc1ccccn1. The van der Waals surface area contributed by atoms with E-state index in [4.69, 9.17) is 5.11 Å². The van der Waals surface area contributed by atoms with E-state index in [1.807, 2.05) is 18.2 Å². The van der Waals surface area contributed by atoms with Gasteiger partial charge in [-0.05, 0) is 12.1 Å². The summed E-state index contributed by atoms with van der Waals surface area (Å²) >= 11 is 0. The number of hydrogen-bond donors (Lipinski definition) is 2. The summed E-state index contributed by atoms with van der Waals surface area (Å²) in [7, 11) is 0. The second kappa shape index (κ2) is 5.05. The molecule has 86 valence electrons. The first kappa shape index (κ1) is 11.0. The van der Waals surface area contributed by atoms with Gasteiger partial charge in [0.15, 0.2) is 0 Å². The highest BCUT2D eigenvalue weighted by Gasteiger charge is 2.27. The van der Waals surface area contributed by atoms with Gasteiger partial charge >= 0.3 is 0 Å². The quantitative estimate of drug-likeness (QED) is 0.713. The van der Waals surface area contributed by atoms with E-state index in [0.29, 0.717) is 19.6 Å². The molecule has 1 saturated heterocycles. The Hall–Kier alpha value is -1.46. The van der Waals surface area contributed by atoms with Gasteiger partial charge < -0.3 is 15.3 Å². The average Bonchev–Trinajstić information content (AvgIpc) is 2.33. The van der Waals surface area contributed by atoms with Crippen LogP contribution in [0.3, 0.4) is 0 Å². The Morgan fingerprint density at radius 2 is 2.44 bits per heavy atom. The Morgan fingerprint density at radius 1 is 1.56 bits per heavy atom. The highest BCUT2D eigenvalue weighted by Crippen LogP contribution is 2.06. The number of pyridine rings is 1. The fourth-order valence-corrected chi connectivity index (χ4v) is 1.78. The van der Waals surface area contributed by atoms with Gasteiger partial charge in [0, 0.05) is 19.3 Å². The van der Waals surface area contributed by atoms with E-state index < -0.39 is 6.04 Å². The molecule has 1 atom stereocenters. The molecule has 2 N–H and O–H groups in total. The first-order valence-corrected chi connectivity index (χ1v) is 5.34. The van der Waals surface area contributed by atoms with E-state index in [0.717, 1.165) is 5.69 Å². The molecule has 0 aliphatic carbocycles. The number of nitrogens with one attached hydrogen (secondary N) is 1. The van der Waals surface area contributed by atoms with Gasteiger partial charge in [-0.2, -0.15) is 0 Å². The summed E-state index contributed by atoms with van der Waals surface area (Å²) in [5.41, 5.74) is 0.870. The standard InChI is InChI=1S/C11H15N3O2/c15-8-10-11(16)14(6-5-13-10)7-9-3-1-2-4-12-9/h1-4,10,13,15H,5-8H2. The fourth-order valence-electron chi connectivity index (χ4n) is 1.78. The minimum atomic E-state index is -0.461. The van der Waals surface area contributed by atoms with Crippen LogP contribution in [-0.4, -0.2) is 46.6 Å². The van der Waals surface area contributed by atoms with Crippen molar-refractivity contribution >= 4 is 5.91 Å². The van der Waals surface area contributed by atoms with Gasteiger partial charge in [0.2, 0.25) is 5.91 Å².